The average molecular weight is 389 g/mol. The van der Waals surface area contributed by atoms with Gasteiger partial charge in [-0.2, -0.15) is 0 Å². The predicted molar refractivity (Wildman–Crippen MR) is 91.6 cm³/mol. The average Bonchev–Trinajstić information content (AvgIpc) is 2.62. The molecule has 0 saturated heterocycles. The third-order valence-corrected chi connectivity index (χ3v) is 3.60. The van der Waals surface area contributed by atoms with Gasteiger partial charge in [0.1, 0.15) is 0 Å². The van der Waals surface area contributed by atoms with Crippen LogP contribution in [0.15, 0.2) is 60.7 Å². The van der Waals surface area contributed by atoms with Gasteiger partial charge in [-0.1, -0.05) is 60.7 Å². The molecule has 2 aromatic rings. The van der Waals surface area contributed by atoms with Crippen LogP contribution < -0.4 is 0 Å². The van der Waals surface area contributed by atoms with E-state index in [9.17, 15) is 19.2 Å². The summed E-state index contributed by atoms with van der Waals surface area (Å²) in [7, 11) is 0. The van der Waals surface area contributed by atoms with Crippen LogP contribution in [0.2, 0.25) is 0 Å². The number of carbonyl (C=O) groups excluding carboxylic acids is 4. The van der Waals surface area contributed by atoms with Gasteiger partial charge >= 0.3 is 0 Å². The van der Waals surface area contributed by atoms with Crippen LogP contribution in [0.25, 0.3) is 0 Å². The van der Waals surface area contributed by atoms with Crippen molar-refractivity contribution in [2.45, 2.75) is 26.1 Å². The standard InChI is InChI=1S/C20H18O5.V/c1-13(21)19(17(23)15-9-5-3-6-10-15)25-20(14(2)22)18(24)16-11-7-4-8-12-16;/h3-12,19-20H,1-2H3;. The number of ether oxygens (including phenoxy) is 1. The van der Waals surface area contributed by atoms with Gasteiger partial charge in [0.05, 0.1) is 0 Å². The van der Waals surface area contributed by atoms with Crippen molar-refractivity contribution in [2.24, 2.45) is 0 Å². The van der Waals surface area contributed by atoms with Crippen molar-refractivity contribution in [3.63, 3.8) is 0 Å². The molecule has 2 rings (SSSR count). The van der Waals surface area contributed by atoms with Crippen LogP contribution in [0.5, 0.6) is 0 Å². The summed E-state index contributed by atoms with van der Waals surface area (Å²) in [5, 5.41) is 0. The van der Waals surface area contributed by atoms with E-state index in [1.165, 1.54) is 13.8 Å². The van der Waals surface area contributed by atoms with Gasteiger partial charge in [0.25, 0.3) is 0 Å². The Morgan fingerprint density at radius 3 is 1.23 bits per heavy atom. The number of Topliss-reactive ketones (excluding diaryl/α,β-unsaturated/α-hetero) is 4. The molecular weight excluding hydrogens is 371 g/mol. The molecule has 0 amide bonds. The molecule has 26 heavy (non-hydrogen) atoms. The van der Waals surface area contributed by atoms with E-state index >= 15 is 0 Å². The SMILES string of the molecule is CC(=O)C(OC(C(C)=O)C(=O)c1ccccc1)C(=O)c1ccccc1.[V]. The molecule has 0 heterocycles. The number of benzene rings is 2. The monoisotopic (exact) mass is 389 g/mol. The van der Waals surface area contributed by atoms with E-state index in [0.717, 1.165) is 0 Å². The number of rotatable bonds is 8. The van der Waals surface area contributed by atoms with Crippen molar-refractivity contribution in [1.29, 1.82) is 0 Å². The second kappa shape index (κ2) is 9.97. The maximum Gasteiger partial charge on any atom is 0.199 e. The minimum atomic E-state index is -1.51. The molecule has 0 aliphatic rings. The van der Waals surface area contributed by atoms with Crippen LogP contribution in [-0.2, 0) is 32.9 Å². The molecule has 6 heteroatoms. The minimum Gasteiger partial charge on any atom is -0.343 e. The molecular formula is C20H18O5V. The van der Waals surface area contributed by atoms with Crippen LogP contribution in [-0.4, -0.2) is 35.3 Å². The zero-order valence-electron chi connectivity index (χ0n) is 14.4. The Balaban J connectivity index is 0.00000338. The first-order chi connectivity index (χ1) is 11.9. The summed E-state index contributed by atoms with van der Waals surface area (Å²) in [5.74, 6) is -2.30. The molecule has 0 aliphatic carbocycles. The number of hydrogen-bond acceptors (Lipinski definition) is 5. The molecule has 0 aliphatic heterocycles. The molecule has 133 valence electrons. The third kappa shape index (κ3) is 5.33. The Morgan fingerprint density at radius 1 is 0.654 bits per heavy atom. The van der Waals surface area contributed by atoms with Gasteiger partial charge in [0, 0.05) is 29.7 Å². The molecule has 1 radical (unpaired) electrons. The normalized spacial score (nSPS) is 12.4. The Bertz CT molecular complexity index is 719. The molecule has 0 fully saturated rings. The smallest absolute Gasteiger partial charge is 0.199 e. The van der Waals surface area contributed by atoms with Gasteiger partial charge in [-0.3, -0.25) is 19.2 Å². The zero-order valence-corrected chi connectivity index (χ0v) is 15.8. The fourth-order valence-corrected chi connectivity index (χ4v) is 2.33. The van der Waals surface area contributed by atoms with Crippen LogP contribution in [0.1, 0.15) is 34.6 Å². The number of carbonyl (C=O) groups is 4. The first-order valence-electron chi connectivity index (χ1n) is 7.76. The van der Waals surface area contributed by atoms with Gasteiger partial charge in [0.15, 0.2) is 35.3 Å². The molecule has 0 saturated carbocycles. The Morgan fingerprint density at radius 2 is 0.962 bits per heavy atom. The topological polar surface area (TPSA) is 77.5 Å². The van der Waals surface area contributed by atoms with E-state index < -0.39 is 35.3 Å². The van der Waals surface area contributed by atoms with Crippen molar-refractivity contribution in [2.75, 3.05) is 0 Å². The van der Waals surface area contributed by atoms with Crippen molar-refractivity contribution < 1.29 is 42.5 Å². The third-order valence-electron chi connectivity index (χ3n) is 3.60. The molecule has 5 nitrogen and oxygen atoms in total. The molecule has 2 atom stereocenters. The molecule has 2 unspecified atom stereocenters. The summed E-state index contributed by atoms with van der Waals surface area (Å²) in [5.41, 5.74) is 0.550. The van der Waals surface area contributed by atoms with E-state index in [4.69, 9.17) is 4.74 Å². The van der Waals surface area contributed by atoms with Crippen LogP contribution in [0, 0.1) is 0 Å². The fraction of sp³-hybridized carbons (Fsp3) is 0.200. The summed E-state index contributed by atoms with van der Waals surface area (Å²) in [6, 6.07) is 16.3. The Kier molecular flexibility index (Phi) is 8.32. The summed E-state index contributed by atoms with van der Waals surface area (Å²) < 4.78 is 5.41. The number of ketones is 4. The van der Waals surface area contributed by atoms with E-state index in [0.29, 0.717) is 0 Å². The summed E-state index contributed by atoms with van der Waals surface area (Å²) >= 11 is 0. The van der Waals surface area contributed by atoms with Crippen LogP contribution >= 0.6 is 0 Å². The van der Waals surface area contributed by atoms with Gasteiger partial charge in [-0.05, 0) is 13.8 Å². The molecule has 0 N–H and O–H groups in total. The van der Waals surface area contributed by atoms with Gasteiger partial charge in [-0.15, -0.1) is 0 Å². The predicted octanol–water partition coefficient (Wildman–Crippen LogP) is 2.68. The van der Waals surface area contributed by atoms with Crippen LogP contribution in [0.4, 0.5) is 0 Å². The van der Waals surface area contributed by atoms with E-state index in [1.54, 1.807) is 60.7 Å². The number of hydrogen-bond donors (Lipinski definition) is 0. The van der Waals surface area contributed by atoms with E-state index in [-0.39, 0.29) is 29.7 Å². The van der Waals surface area contributed by atoms with E-state index in [1.807, 2.05) is 0 Å². The summed E-state index contributed by atoms with van der Waals surface area (Å²) in [6.45, 7) is 2.38. The van der Waals surface area contributed by atoms with Gasteiger partial charge in [0.2, 0.25) is 0 Å². The Labute approximate surface area is 163 Å². The van der Waals surface area contributed by atoms with Crippen molar-refractivity contribution in [1.82, 2.24) is 0 Å². The Hall–Kier alpha value is -2.34. The van der Waals surface area contributed by atoms with Gasteiger partial charge < -0.3 is 4.74 Å². The first-order valence-corrected chi connectivity index (χ1v) is 7.76. The quantitative estimate of drug-likeness (QED) is 0.513. The second-order valence-corrected chi connectivity index (χ2v) is 5.58. The zero-order chi connectivity index (χ0) is 18.4. The van der Waals surface area contributed by atoms with Crippen molar-refractivity contribution >= 4 is 23.1 Å². The molecule has 0 aromatic heterocycles. The minimum absolute atomic E-state index is 0. The van der Waals surface area contributed by atoms with Crippen molar-refractivity contribution in [3.05, 3.63) is 71.8 Å². The fourth-order valence-electron chi connectivity index (χ4n) is 2.33. The largest absolute Gasteiger partial charge is 0.343 e. The summed E-state index contributed by atoms with van der Waals surface area (Å²) in [6.07, 6.45) is -3.02. The maximum absolute atomic E-state index is 12.5. The maximum atomic E-state index is 12.5. The molecule has 2 aromatic carbocycles. The van der Waals surface area contributed by atoms with Gasteiger partial charge in [-0.25, -0.2) is 0 Å². The first kappa shape index (κ1) is 21.7. The molecule has 0 bridgehead atoms. The van der Waals surface area contributed by atoms with Crippen LogP contribution in [0.3, 0.4) is 0 Å². The summed E-state index contributed by atoms with van der Waals surface area (Å²) in [4.78, 5) is 48.9. The van der Waals surface area contributed by atoms with E-state index in [2.05, 4.69) is 0 Å². The molecule has 0 spiro atoms. The second-order valence-electron chi connectivity index (χ2n) is 5.58. The van der Waals surface area contributed by atoms with Crippen molar-refractivity contribution in [3.8, 4) is 0 Å².